The highest BCUT2D eigenvalue weighted by molar-refractivity contribution is 5.94. The van der Waals surface area contributed by atoms with E-state index in [4.69, 9.17) is 4.74 Å². The van der Waals surface area contributed by atoms with E-state index < -0.39 is 4.92 Å². The summed E-state index contributed by atoms with van der Waals surface area (Å²) in [6.45, 7) is 4.22. The molecule has 0 radical (unpaired) electrons. The lowest BCUT2D eigenvalue weighted by Crippen LogP contribution is -2.11. The van der Waals surface area contributed by atoms with E-state index >= 15 is 0 Å². The van der Waals surface area contributed by atoms with Crippen molar-refractivity contribution >= 4 is 11.6 Å². The van der Waals surface area contributed by atoms with Crippen molar-refractivity contribution in [3.05, 3.63) is 63.9 Å². The van der Waals surface area contributed by atoms with Gasteiger partial charge in [0.25, 0.3) is 0 Å². The van der Waals surface area contributed by atoms with Crippen LogP contribution in [0.15, 0.2) is 36.7 Å². The molecule has 1 aromatic carbocycles. The number of hydrogen-bond acceptors (Lipinski definition) is 7. The summed E-state index contributed by atoms with van der Waals surface area (Å²) in [5, 5.41) is 19.0. The molecule has 0 amide bonds. The molecule has 3 rings (SSSR count). The second-order valence-corrected chi connectivity index (χ2v) is 5.91. The van der Waals surface area contributed by atoms with E-state index in [1.807, 2.05) is 0 Å². The van der Waals surface area contributed by atoms with Gasteiger partial charge in [-0.15, -0.1) is 5.10 Å². The fourth-order valence-electron chi connectivity index (χ4n) is 2.54. The van der Waals surface area contributed by atoms with Crippen molar-refractivity contribution in [2.24, 2.45) is 0 Å². The summed E-state index contributed by atoms with van der Waals surface area (Å²) in [4.78, 5) is 25.8. The van der Waals surface area contributed by atoms with Crippen LogP contribution in [0.5, 0.6) is 5.75 Å². The van der Waals surface area contributed by atoms with Crippen LogP contribution in [-0.4, -0.2) is 35.3 Å². The zero-order valence-corrected chi connectivity index (χ0v) is 14.9. The molecule has 0 bridgehead atoms. The van der Waals surface area contributed by atoms with E-state index in [1.54, 1.807) is 42.1 Å². The molecule has 140 valence electrons. The number of ketones is 1. The minimum Gasteiger partial charge on any atom is -0.487 e. The van der Waals surface area contributed by atoms with Crippen LogP contribution >= 0.6 is 0 Å². The van der Waals surface area contributed by atoms with Gasteiger partial charge >= 0.3 is 5.82 Å². The molecule has 0 spiro atoms. The fourth-order valence-corrected chi connectivity index (χ4v) is 2.54. The Morgan fingerprint density at radius 3 is 2.67 bits per heavy atom. The average Bonchev–Trinajstić information content (AvgIpc) is 3.25. The number of aromatic nitrogens is 5. The van der Waals surface area contributed by atoms with Crippen LogP contribution in [0.4, 0.5) is 5.82 Å². The minimum absolute atomic E-state index is 0.00198. The summed E-state index contributed by atoms with van der Waals surface area (Å²) in [5.41, 5.74) is 1.25. The van der Waals surface area contributed by atoms with E-state index in [1.165, 1.54) is 17.7 Å². The molecule has 0 atom stereocenters. The Bertz CT molecular complexity index is 960. The lowest BCUT2D eigenvalue weighted by molar-refractivity contribution is -0.392. The van der Waals surface area contributed by atoms with E-state index in [0.717, 1.165) is 0 Å². The first-order chi connectivity index (χ1) is 12.9. The Morgan fingerprint density at radius 2 is 2.00 bits per heavy atom. The topological polar surface area (TPSA) is 118 Å². The third-order valence-electron chi connectivity index (χ3n) is 4.01. The maximum atomic E-state index is 11.3. The molecule has 0 fully saturated rings. The maximum Gasteiger partial charge on any atom is 0.342 e. The molecule has 0 aliphatic rings. The first kappa shape index (κ1) is 18.2. The second-order valence-electron chi connectivity index (χ2n) is 5.91. The van der Waals surface area contributed by atoms with Gasteiger partial charge in [-0.1, -0.05) is 5.21 Å². The first-order valence-electron chi connectivity index (χ1n) is 8.23. The molecular weight excluding hydrogens is 352 g/mol. The number of aryl methyl sites for hydroxylation is 2. The summed E-state index contributed by atoms with van der Waals surface area (Å²) in [5.74, 6) is 1.14. The number of benzene rings is 1. The maximum absolute atomic E-state index is 11.3. The van der Waals surface area contributed by atoms with Crippen molar-refractivity contribution in [3.8, 4) is 5.75 Å². The predicted octanol–water partition coefficient (Wildman–Crippen LogP) is 2.17. The van der Waals surface area contributed by atoms with Crippen LogP contribution in [-0.2, 0) is 19.7 Å². The number of imidazole rings is 1. The fraction of sp³-hybridized carbons (Fsp3) is 0.294. The number of carbonyl (C=O) groups is 1. The highest BCUT2D eigenvalue weighted by atomic mass is 16.6. The molecule has 2 heterocycles. The van der Waals surface area contributed by atoms with Crippen molar-refractivity contribution < 1.29 is 14.5 Å². The lowest BCUT2D eigenvalue weighted by atomic mass is 10.1. The summed E-state index contributed by atoms with van der Waals surface area (Å²) < 4.78 is 8.75. The van der Waals surface area contributed by atoms with E-state index in [9.17, 15) is 14.9 Å². The van der Waals surface area contributed by atoms with Gasteiger partial charge in [-0.2, -0.15) is 0 Å². The number of carbonyl (C=O) groups excluding carboxylic acids is 1. The lowest BCUT2D eigenvalue weighted by Gasteiger charge is -2.04. The van der Waals surface area contributed by atoms with Crippen LogP contribution in [0.2, 0.25) is 0 Å². The Labute approximate surface area is 154 Å². The number of ether oxygens (including phenoxy) is 1. The Kier molecular flexibility index (Phi) is 5.25. The summed E-state index contributed by atoms with van der Waals surface area (Å²) >= 11 is 0. The number of Topliss-reactive ketones (excluding diaryl/α,β-unsaturated/α-hetero) is 1. The smallest absolute Gasteiger partial charge is 0.342 e. The van der Waals surface area contributed by atoms with Crippen molar-refractivity contribution in [3.63, 3.8) is 0 Å². The molecule has 3 aromatic rings. The largest absolute Gasteiger partial charge is 0.487 e. The summed E-state index contributed by atoms with van der Waals surface area (Å²) in [6.07, 6.45) is 2.97. The minimum atomic E-state index is -0.460. The summed E-state index contributed by atoms with van der Waals surface area (Å²) in [6, 6.07) is 6.86. The van der Waals surface area contributed by atoms with Crippen molar-refractivity contribution in [2.45, 2.75) is 33.5 Å². The molecular formula is C17H18N6O4. The molecule has 0 unspecified atom stereocenters. The van der Waals surface area contributed by atoms with E-state index in [2.05, 4.69) is 15.3 Å². The Hall–Kier alpha value is -3.56. The highest BCUT2D eigenvalue weighted by Crippen LogP contribution is 2.15. The van der Waals surface area contributed by atoms with Gasteiger partial charge in [-0.3, -0.25) is 4.79 Å². The zero-order chi connectivity index (χ0) is 19.4. The molecule has 0 saturated carbocycles. The van der Waals surface area contributed by atoms with Gasteiger partial charge < -0.3 is 14.9 Å². The van der Waals surface area contributed by atoms with Gasteiger partial charge in [0.2, 0.25) is 0 Å². The van der Waals surface area contributed by atoms with Gasteiger partial charge in [0, 0.05) is 12.5 Å². The molecule has 27 heavy (non-hydrogen) atoms. The zero-order valence-electron chi connectivity index (χ0n) is 14.9. The van der Waals surface area contributed by atoms with Crippen LogP contribution in [0.25, 0.3) is 0 Å². The predicted molar refractivity (Wildman–Crippen MR) is 94.4 cm³/mol. The molecule has 0 aliphatic heterocycles. The average molecular weight is 370 g/mol. The Balaban J connectivity index is 1.56. The van der Waals surface area contributed by atoms with Gasteiger partial charge in [0.1, 0.15) is 30.8 Å². The standard InChI is InChI=1S/C17H18N6O4/c1-12(24)14-3-5-16(6-4-14)27-11-15-10-21(20-19-15)7-8-22-13(2)18-9-17(22)23(25)26/h3-6,9-10H,7-8,11H2,1-2H3. The van der Waals surface area contributed by atoms with Crippen molar-refractivity contribution in [1.82, 2.24) is 24.5 Å². The molecule has 10 nitrogen and oxygen atoms in total. The number of nitrogens with zero attached hydrogens (tertiary/aromatic N) is 6. The third-order valence-corrected chi connectivity index (χ3v) is 4.01. The van der Waals surface area contributed by atoms with E-state index in [0.29, 0.717) is 35.9 Å². The quantitative estimate of drug-likeness (QED) is 0.339. The van der Waals surface area contributed by atoms with Crippen LogP contribution in [0.3, 0.4) is 0 Å². The third kappa shape index (κ3) is 4.35. The van der Waals surface area contributed by atoms with Crippen LogP contribution < -0.4 is 4.74 Å². The number of rotatable bonds is 8. The van der Waals surface area contributed by atoms with E-state index in [-0.39, 0.29) is 18.2 Å². The molecule has 0 saturated heterocycles. The van der Waals surface area contributed by atoms with Crippen LogP contribution in [0, 0.1) is 17.0 Å². The highest BCUT2D eigenvalue weighted by Gasteiger charge is 2.17. The van der Waals surface area contributed by atoms with Crippen LogP contribution in [0.1, 0.15) is 28.8 Å². The number of nitro groups is 1. The SMILES string of the molecule is CC(=O)c1ccc(OCc2cn(CCn3c([N+](=O)[O-])cnc3C)nn2)cc1. The molecule has 0 aliphatic carbocycles. The number of hydrogen-bond donors (Lipinski definition) is 0. The normalized spacial score (nSPS) is 10.7. The molecule has 10 heteroatoms. The second kappa shape index (κ2) is 7.77. The van der Waals surface area contributed by atoms with Gasteiger partial charge in [0.05, 0.1) is 12.7 Å². The van der Waals surface area contributed by atoms with Crippen molar-refractivity contribution in [1.29, 1.82) is 0 Å². The molecule has 2 aromatic heterocycles. The Morgan fingerprint density at radius 1 is 1.26 bits per heavy atom. The van der Waals surface area contributed by atoms with Gasteiger partial charge in [-0.25, -0.2) is 14.2 Å². The van der Waals surface area contributed by atoms with Gasteiger partial charge in [-0.05, 0) is 36.1 Å². The van der Waals surface area contributed by atoms with Crippen molar-refractivity contribution in [2.75, 3.05) is 0 Å². The molecule has 0 N–H and O–H groups in total. The monoisotopic (exact) mass is 370 g/mol. The first-order valence-corrected chi connectivity index (χ1v) is 8.23. The summed E-state index contributed by atoms with van der Waals surface area (Å²) in [7, 11) is 0. The van der Waals surface area contributed by atoms with Gasteiger partial charge in [0.15, 0.2) is 11.6 Å².